The van der Waals surface area contributed by atoms with Crippen molar-refractivity contribution in [3.05, 3.63) is 78.1 Å². The summed E-state index contributed by atoms with van der Waals surface area (Å²) in [5.74, 6) is 0.806. The van der Waals surface area contributed by atoms with Crippen molar-refractivity contribution in [3.8, 4) is 11.3 Å². The van der Waals surface area contributed by atoms with Crippen LogP contribution in [0.25, 0.3) is 11.3 Å². The summed E-state index contributed by atoms with van der Waals surface area (Å²) >= 11 is 0. The number of anilines is 1. The van der Waals surface area contributed by atoms with Gasteiger partial charge in [-0.15, -0.1) is 0 Å². The Kier molecular flexibility index (Phi) is 5.33. The molecule has 0 aliphatic carbocycles. The molecule has 1 unspecified atom stereocenters. The summed E-state index contributed by atoms with van der Waals surface area (Å²) in [7, 11) is 0. The number of nitrogens with zero attached hydrogens (tertiary/aromatic N) is 3. The number of amides is 1. The van der Waals surface area contributed by atoms with Crippen molar-refractivity contribution in [2.75, 3.05) is 18.0 Å². The van der Waals surface area contributed by atoms with Gasteiger partial charge >= 0.3 is 0 Å². The van der Waals surface area contributed by atoms with Crippen molar-refractivity contribution < 1.29 is 4.79 Å². The van der Waals surface area contributed by atoms with Gasteiger partial charge in [-0.3, -0.25) is 9.78 Å². The van der Waals surface area contributed by atoms with Gasteiger partial charge in [-0.2, -0.15) is 0 Å². The van der Waals surface area contributed by atoms with Crippen LogP contribution in [0.1, 0.15) is 41.7 Å². The average Bonchev–Trinajstić information content (AvgIpc) is 3.29. The van der Waals surface area contributed by atoms with Crippen LogP contribution in [0.2, 0.25) is 0 Å². The predicted molar refractivity (Wildman–Crippen MR) is 111 cm³/mol. The minimum atomic E-state index is -0.0928. The zero-order valence-corrected chi connectivity index (χ0v) is 16.0. The van der Waals surface area contributed by atoms with Gasteiger partial charge in [0.25, 0.3) is 5.91 Å². The molecular weight excluding hydrogens is 348 g/mol. The van der Waals surface area contributed by atoms with E-state index in [0.717, 1.165) is 35.7 Å². The van der Waals surface area contributed by atoms with Crippen molar-refractivity contribution in [1.29, 1.82) is 0 Å². The first kappa shape index (κ1) is 18.2. The van der Waals surface area contributed by atoms with Gasteiger partial charge in [0.05, 0.1) is 6.04 Å². The third-order valence-corrected chi connectivity index (χ3v) is 5.13. The fourth-order valence-corrected chi connectivity index (χ4v) is 3.61. The molecule has 1 amide bonds. The van der Waals surface area contributed by atoms with E-state index in [2.05, 4.69) is 20.2 Å². The maximum atomic E-state index is 12.8. The molecule has 3 aromatic rings. The summed E-state index contributed by atoms with van der Waals surface area (Å²) in [6.45, 7) is 3.99. The molecule has 1 aliphatic rings. The van der Waals surface area contributed by atoms with Gasteiger partial charge in [0.15, 0.2) is 5.82 Å². The van der Waals surface area contributed by atoms with Crippen LogP contribution in [-0.2, 0) is 0 Å². The number of benzene rings is 2. The van der Waals surface area contributed by atoms with Crippen molar-refractivity contribution >= 4 is 11.7 Å². The Bertz CT molecular complexity index is 952. The van der Waals surface area contributed by atoms with Crippen LogP contribution in [0.15, 0.2) is 67.0 Å². The van der Waals surface area contributed by atoms with Gasteiger partial charge in [-0.1, -0.05) is 42.5 Å². The van der Waals surface area contributed by atoms with Gasteiger partial charge < -0.3 is 10.2 Å². The molecule has 5 nitrogen and oxygen atoms in total. The van der Waals surface area contributed by atoms with Crippen molar-refractivity contribution in [1.82, 2.24) is 15.3 Å². The molecule has 1 atom stereocenters. The predicted octanol–water partition coefficient (Wildman–Crippen LogP) is 4.23. The van der Waals surface area contributed by atoms with Gasteiger partial charge in [0.1, 0.15) is 5.69 Å². The number of carbonyl (C=O) groups excluding carboxylic acids is 1. The monoisotopic (exact) mass is 372 g/mol. The summed E-state index contributed by atoms with van der Waals surface area (Å²) in [5.41, 5.74) is 3.45. The van der Waals surface area contributed by atoms with Crippen LogP contribution in [0.3, 0.4) is 0 Å². The molecule has 5 heteroatoms. The molecule has 1 N–H and O–H groups in total. The highest BCUT2D eigenvalue weighted by molar-refractivity contribution is 5.96. The van der Waals surface area contributed by atoms with E-state index in [9.17, 15) is 4.79 Å². The van der Waals surface area contributed by atoms with E-state index in [0.29, 0.717) is 5.56 Å². The number of rotatable bonds is 5. The first-order valence-electron chi connectivity index (χ1n) is 9.74. The Hall–Kier alpha value is -3.21. The number of hydrogen-bond donors (Lipinski definition) is 1. The summed E-state index contributed by atoms with van der Waals surface area (Å²) in [5, 5.41) is 3.08. The maximum Gasteiger partial charge on any atom is 0.251 e. The summed E-state index contributed by atoms with van der Waals surface area (Å²) in [4.78, 5) is 24.2. The first-order valence-corrected chi connectivity index (χ1v) is 9.74. The zero-order valence-electron chi connectivity index (χ0n) is 16.0. The molecule has 142 valence electrons. The van der Waals surface area contributed by atoms with Crippen molar-refractivity contribution in [3.63, 3.8) is 0 Å². The molecule has 0 bridgehead atoms. The minimum Gasteiger partial charge on any atom is -0.355 e. The van der Waals surface area contributed by atoms with E-state index >= 15 is 0 Å². The molecule has 1 aliphatic heterocycles. The van der Waals surface area contributed by atoms with Crippen LogP contribution in [0.4, 0.5) is 5.82 Å². The topological polar surface area (TPSA) is 58.1 Å². The molecule has 2 heterocycles. The van der Waals surface area contributed by atoms with E-state index in [-0.39, 0.29) is 11.9 Å². The Morgan fingerprint density at radius 2 is 1.75 bits per heavy atom. The number of aromatic nitrogens is 2. The Labute approximate surface area is 165 Å². The highest BCUT2D eigenvalue weighted by Crippen LogP contribution is 2.29. The normalized spacial score (nSPS) is 14.7. The standard InChI is InChI=1S/C23H24N4O/c1-17(18-8-3-2-4-9-18)26-23(28)20-11-7-10-19(16-20)21-22(25-13-12-24-21)27-14-5-6-15-27/h2-4,7-13,16-17H,5-6,14-15H2,1H3,(H,26,28). The van der Waals surface area contributed by atoms with E-state index in [1.807, 2.05) is 61.5 Å². The summed E-state index contributed by atoms with van der Waals surface area (Å²) in [6.07, 6.45) is 5.79. The minimum absolute atomic E-state index is 0.0611. The average molecular weight is 372 g/mol. The second kappa shape index (κ2) is 8.21. The first-order chi connectivity index (χ1) is 13.7. The Morgan fingerprint density at radius 1 is 1.00 bits per heavy atom. The fraction of sp³-hybridized carbons (Fsp3) is 0.261. The lowest BCUT2D eigenvalue weighted by Crippen LogP contribution is -2.26. The molecule has 2 aromatic carbocycles. The zero-order chi connectivity index (χ0) is 19.3. The summed E-state index contributed by atoms with van der Waals surface area (Å²) in [6, 6.07) is 17.5. The van der Waals surface area contributed by atoms with Crippen LogP contribution < -0.4 is 10.2 Å². The molecule has 1 fully saturated rings. The molecule has 1 aromatic heterocycles. The van der Waals surface area contributed by atoms with E-state index in [1.165, 1.54) is 12.8 Å². The van der Waals surface area contributed by atoms with Gasteiger partial charge in [0, 0.05) is 36.6 Å². The third kappa shape index (κ3) is 3.88. The van der Waals surface area contributed by atoms with E-state index < -0.39 is 0 Å². The largest absolute Gasteiger partial charge is 0.355 e. The van der Waals surface area contributed by atoms with Crippen LogP contribution >= 0.6 is 0 Å². The lowest BCUT2D eigenvalue weighted by atomic mass is 10.1. The van der Waals surface area contributed by atoms with Crippen LogP contribution in [0.5, 0.6) is 0 Å². The Morgan fingerprint density at radius 3 is 2.54 bits per heavy atom. The van der Waals surface area contributed by atoms with Crippen LogP contribution in [-0.4, -0.2) is 29.0 Å². The Balaban J connectivity index is 1.58. The molecule has 0 saturated carbocycles. The smallest absolute Gasteiger partial charge is 0.251 e. The third-order valence-electron chi connectivity index (χ3n) is 5.13. The number of hydrogen-bond acceptors (Lipinski definition) is 4. The van der Waals surface area contributed by atoms with Crippen molar-refractivity contribution in [2.24, 2.45) is 0 Å². The SMILES string of the molecule is CC(NC(=O)c1cccc(-c2nccnc2N2CCCC2)c1)c1ccccc1. The van der Waals surface area contributed by atoms with Gasteiger partial charge in [0.2, 0.25) is 0 Å². The maximum absolute atomic E-state index is 12.8. The van der Waals surface area contributed by atoms with E-state index in [1.54, 1.807) is 12.4 Å². The lowest BCUT2D eigenvalue weighted by molar-refractivity contribution is 0.0940. The lowest BCUT2D eigenvalue weighted by Gasteiger charge is -2.19. The quantitative estimate of drug-likeness (QED) is 0.728. The van der Waals surface area contributed by atoms with Crippen molar-refractivity contribution in [2.45, 2.75) is 25.8 Å². The second-order valence-corrected chi connectivity index (χ2v) is 7.11. The fourth-order valence-electron chi connectivity index (χ4n) is 3.61. The molecule has 0 radical (unpaired) electrons. The highest BCUT2D eigenvalue weighted by Gasteiger charge is 2.19. The molecule has 4 rings (SSSR count). The van der Waals surface area contributed by atoms with E-state index in [4.69, 9.17) is 0 Å². The number of nitrogens with one attached hydrogen (secondary N) is 1. The van der Waals surface area contributed by atoms with Gasteiger partial charge in [-0.25, -0.2) is 4.98 Å². The highest BCUT2D eigenvalue weighted by atomic mass is 16.1. The summed E-state index contributed by atoms with van der Waals surface area (Å²) < 4.78 is 0. The second-order valence-electron chi connectivity index (χ2n) is 7.11. The molecular formula is C23H24N4O. The molecule has 0 spiro atoms. The molecule has 28 heavy (non-hydrogen) atoms. The molecule has 1 saturated heterocycles. The van der Waals surface area contributed by atoms with Crippen LogP contribution in [0, 0.1) is 0 Å². The van der Waals surface area contributed by atoms with Gasteiger partial charge in [-0.05, 0) is 37.5 Å². The number of carbonyl (C=O) groups is 1.